The Morgan fingerprint density at radius 3 is 2.71 bits per heavy atom. The SMILES string of the molecule is CC=C(F)/C=c1/c(=O)c(CN=O)cn2c1=C(CN1CCN(C)CC1)OCC2C. The molecule has 0 aliphatic carbocycles. The van der Waals surface area contributed by atoms with Crippen LogP contribution in [0.3, 0.4) is 0 Å². The largest absolute Gasteiger partial charge is 0.492 e. The topological polar surface area (TPSA) is 67.1 Å². The van der Waals surface area contributed by atoms with E-state index < -0.39 is 5.83 Å². The standard InChI is InChI=1S/C20H27FN4O3/c1-4-16(21)9-17-19-18(12-24-7-5-23(3)6-8-24)28-13-14(2)25(19)11-15(10-22-27)20(17)26/h4,9,11,14H,5-8,10,12-13H2,1-3H3/b16-4?,17-9+. The molecule has 0 spiro atoms. The van der Waals surface area contributed by atoms with E-state index in [2.05, 4.69) is 22.0 Å². The smallest absolute Gasteiger partial charge is 0.194 e. The highest BCUT2D eigenvalue weighted by Gasteiger charge is 2.23. The Morgan fingerprint density at radius 1 is 1.36 bits per heavy atom. The number of likely N-dealkylation sites (N-methyl/N-ethyl adjacent to an activating group) is 1. The van der Waals surface area contributed by atoms with Crippen LogP contribution in [0.2, 0.25) is 0 Å². The molecule has 2 aliphatic heterocycles. The Kier molecular flexibility index (Phi) is 6.41. The average Bonchev–Trinajstić information content (AvgIpc) is 2.69. The lowest BCUT2D eigenvalue weighted by molar-refractivity contribution is 0.137. The molecule has 1 aromatic heterocycles. The zero-order valence-electron chi connectivity index (χ0n) is 16.7. The van der Waals surface area contributed by atoms with Crippen LogP contribution in [-0.2, 0) is 11.3 Å². The number of fused-ring (bicyclic) bond motifs is 1. The fourth-order valence-electron chi connectivity index (χ4n) is 3.59. The second-order valence-electron chi connectivity index (χ2n) is 7.42. The van der Waals surface area contributed by atoms with Crippen molar-refractivity contribution in [1.82, 2.24) is 14.4 Å². The molecular formula is C20H27FN4O3. The third-order valence-electron chi connectivity index (χ3n) is 5.34. The Labute approximate surface area is 163 Å². The summed E-state index contributed by atoms with van der Waals surface area (Å²) in [6.45, 7) is 8.05. The monoisotopic (exact) mass is 390 g/mol. The number of hydrogen-bond donors (Lipinski definition) is 0. The Morgan fingerprint density at radius 2 is 2.07 bits per heavy atom. The van der Waals surface area contributed by atoms with Crippen molar-refractivity contribution in [3.63, 3.8) is 0 Å². The number of ether oxygens (including phenoxy) is 1. The van der Waals surface area contributed by atoms with Crippen molar-refractivity contribution in [1.29, 1.82) is 0 Å². The molecule has 0 saturated carbocycles. The highest BCUT2D eigenvalue weighted by atomic mass is 19.1. The Bertz CT molecular complexity index is 945. The van der Waals surface area contributed by atoms with E-state index in [1.807, 2.05) is 11.5 Å². The molecule has 0 amide bonds. The molecule has 7 nitrogen and oxygen atoms in total. The van der Waals surface area contributed by atoms with Crippen molar-refractivity contribution >= 4 is 11.8 Å². The summed E-state index contributed by atoms with van der Waals surface area (Å²) in [5, 5.41) is 3.67. The lowest BCUT2D eigenvalue weighted by Crippen LogP contribution is -2.53. The van der Waals surface area contributed by atoms with Crippen LogP contribution in [0.1, 0.15) is 25.5 Å². The fourth-order valence-corrected chi connectivity index (χ4v) is 3.59. The maximum Gasteiger partial charge on any atom is 0.194 e. The molecule has 8 heteroatoms. The van der Waals surface area contributed by atoms with Crippen LogP contribution in [0.15, 0.2) is 28.1 Å². The number of allylic oxidation sites excluding steroid dienone is 2. The van der Waals surface area contributed by atoms with E-state index in [0.29, 0.717) is 24.3 Å². The molecule has 2 aliphatic rings. The molecule has 1 atom stereocenters. The van der Waals surface area contributed by atoms with Gasteiger partial charge in [0, 0.05) is 37.9 Å². The summed E-state index contributed by atoms with van der Waals surface area (Å²) in [6.07, 6.45) is 4.20. The molecule has 1 saturated heterocycles. The number of hydrogen-bond acceptors (Lipinski definition) is 6. The number of pyridine rings is 1. The summed E-state index contributed by atoms with van der Waals surface area (Å²) in [6, 6.07) is -0.0435. The number of nitroso groups, excluding NO2 is 1. The fraction of sp³-hybridized carbons (Fsp3) is 0.550. The minimum absolute atomic E-state index is 0.0435. The molecule has 3 rings (SSSR count). The highest BCUT2D eigenvalue weighted by molar-refractivity contribution is 5.47. The minimum Gasteiger partial charge on any atom is -0.492 e. The van der Waals surface area contributed by atoms with Crippen LogP contribution in [0.5, 0.6) is 0 Å². The van der Waals surface area contributed by atoms with E-state index in [4.69, 9.17) is 4.74 Å². The first-order chi connectivity index (χ1) is 13.4. The molecule has 28 heavy (non-hydrogen) atoms. The van der Waals surface area contributed by atoms with E-state index >= 15 is 0 Å². The lowest BCUT2D eigenvalue weighted by atomic mass is 10.1. The Hall–Kier alpha value is -2.32. The molecule has 0 N–H and O–H groups in total. The number of piperazine rings is 1. The van der Waals surface area contributed by atoms with E-state index in [1.165, 1.54) is 12.2 Å². The molecule has 0 radical (unpaired) electrons. The summed E-state index contributed by atoms with van der Waals surface area (Å²) in [4.78, 5) is 28.3. The van der Waals surface area contributed by atoms with Gasteiger partial charge in [-0.05, 0) is 27.0 Å². The van der Waals surface area contributed by atoms with Gasteiger partial charge in [-0.1, -0.05) is 11.3 Å². The molecule has 1 aromatic rings. The van der Waals surface area contributed by atoms with Crippen LogP contribution in [0.25, 0.3) is 11.8 Å². The van der Waals surface area contributed by atoms with Crippen molar-refractivity contribution in [2.75, 3.05) is 46.4 Å². The second kappa shape index (κ2) is 8.79. The van der Waals surface area contributed by atoms with Gasteiger partial charge >= 0.3 is 0 Å². The van der Waals surface area contributed by atoms with E-state index in [0.717, 1.165) is 26.2 Å². The van der Waals surface area contributed by atoms with Crippen LogP contribution in [-0.4, -0.2) is 60.7 Å². The first-order valence-electron chi connectivity index (χ1n) is 9.58. The molecular weight excluding hydrogens is 363 g/mol. The van der Waals surface area contributed by atoms with Crippen molar-refractivity contribution in [3.05, 3.63) is 49.4 Å². The summed E-state index contributed by atoms with van der Waals surface area (Å²) in [5.74, 6) is 0.161. The van der Waals surface area contributed by atoms with Gasteiger partial charge < -0.3 is 14.2 Å². The summed E-state index contributed by atoms with van der Waals surface area (Å²) >= 11 is 0. The van der Waals surface area contributed by atoms with Crippen molar-refractivity contribution < 1.29 is 9.13 Å². The molecule has 3 heterocycles. The molecule has 1 fully saturated rings. The van der Waals surface area contributed by atoms with Gasteiger partial charge in [-0.2, -0.15) is 4.91 Å². The van der Waals surface area contributed by atoms with Gasteiger partial charge in [0.05, 0.1) is 23.2 Å². The van der Waals surface area contributed by atoms with E-state index in [-0.39, 0.29) is 28.8 Å². The highest BCUT2D eigenvalue weighted by Crippen LogP contribution is 2.14. The molecule has 152 valence electrons. The first kappa shape index (κ1) is 20.4. The summed E-state index contributed by atoms with van der Waals surface area (Å²) in [5.41, 5.74) is -0.113. The van der Waals surface area contributed by atoms with Gasteiger partial charge in [-0.25, -0.2) is 4.39 Å². The summed E-state index contributed by atoms with van der Waals surface area (Å²) < 4.78 is 22.1. The van der Waals surface area contributed by atoms with Gasteiger partial charge in [-0.15, -0.1) is 0 Å². The maximum atomic E-state index is 14.1. The van der Waals surface area contributed by atoms with Crippen LogP contribution in [0.4, 0.5) is 4.39 Å². The third-order valence-corrected chi connectivity index (χ3v) is 5.34. The van der Waals surface area contributed by atoms with Gasteiger partial charge in [0.25, 0.3) is 0 Å². The van der Waals surface area contributed by atoms with Crippen LogP contribution in [0, 0.1) is 4.91 Å². The zero-order chi connectivity index (χ0) is 20.3. The predicted molar refractivity (Wildman–Crippen MR) is 107 cm³/mol. The third kappa shape index (κ3) is 4.23. The van der Waals surface area contributed by atoms with Gasteiger partial charge in [0.1, 0.15) is 24.7 Å². The summed E-state index contributed by atoms with van der Waals surface area (Å²) in [7, 11) is 2.09. The molecule has 0 bridgehead atoms. The van der Waals surface area contributed by atoms with E-state index in [9.17, 15) is 14.1 Å². The lowest BCUT2D eigenvalue weighted by Gasteiger charge is -2.34. The second-order valence-corrected chi connectivity index (χ2v) is 7.42. The number of halogens is 1. The molecule has 0 aromatic carbocycles. The van der Waals surface area contributed by atoms with Gasteiger partial charge in [-0.3, -0.25) is 9.69 Å². The molecule has 1 unspecified atom stereocenters. The predicted octanol–water partition coefficient (Wildman–Crippen LogP) is 0.715. The van der Waals surface area contributed by atoms with Gasteiger partial charge in [0.2, 0.25) is 0 Å². The van der Waals surface area contributed by atoms with Crippen LogP contribution >= 0.6 is 0 Å². The van der Waals surface area contributed by atoms with Crippen molar-refractivity contribution in [3.8, 4) is 0 Å². The number of aromatic nitrogens is 1. The van der Waals surface area contributed by atoms with E-state index in [1.54, 1.807) is 13.1 Å². The average molecular weight is 390 g/mol. The normalized spacial score (nSPS) is 22.1. The van der Waals surface area contributed by atoms with Crippen molar-refractivity contribution in [2.24, 2.45) is 5.18 Å². The Balaban J connectivity index is 2.22. The number of rotatable bonds is 5. The minimum atomic E-state index is -0.506. The zero-order valence-corrected chi connectivity index (χ0v) is 16.7. The van der Waals surface area contributed by atoms with Crippen molar-refractivity contribution in [2.45, 2.75) is 26.4 Å². The van der Waals surface area contributed by atoms with Crippen LogP contribution < -0.4 is 16.0 Å². The quantitative estimate of drug-likeness (QED) is 0.693. The first-order valence-corrected chi connectivity index (χ1v) is 9.58. The number of nitrogens with zero attached hydrogens (tertiary/aromatic N) is 4. The maximum absolute atomic E-state index is 14.1. The van der Waals surface area contributed by atoms with Gasteiger partial charge in [0.15, 0.2) is 5.43 Å².